The van der Waals surface area contributed by atoms with Gasteiger partial charge in [-0.15, -0.1) is 0 Å². The van der Waals surface area contributed by atoms with E-state index in [1.165, 1.54) is 25.7 Å². The van der Waals surface area contributed by atoms with E-state index in [-0.39, 0.29) is 13.0 Å². The molecular weight excluding hydrogens is 136 g/mol. The van der Waals surface area contributed by atoms with Crippen LogP contribution in [0.3, 0.4) is 0 Å². The molecule has 0 aromatic carbocycles. The maximum absolute atomic E-state index is 9.90. The summed E-state index contributed by atoms with van der Waals surface area (Å²) < 4.78 is 0. The Bertz CT molecular complexity index is 121. The van der Waals surface area contributed by atoms with E-state index in [4.69, 9.17) is 0 Å². The molecule has 0 aromatic rings. The Hall–Kier alpha value is -0.0400. The summed E-state index contributed by atoms with van der Waals surface area (Å²) in [7, 11) is 0. The predicted octanol–water partition coefficient (Wildman–Crippen LogP) is 2.73. The molecule has 0 aliphatic heterocycles. The molecular formula is C10H20O. The Morgan fingerprint density at radius 2 is 1.64 bits per heavy atom. The Balaban J connectivity index is 0.000000605. The molecule has 1 nitrogen and oxygen atoms in total. The summed E-state index contributed by atoms with van der Waals surface area (Å²) in [6.45, 7) is 0. The van der Waals surface area contributed by atoms with Crippen LogP contribution in [0.4, 0.5) is 0 Å². The summed E-state index contributed by atoms with van der Waals surface area (Å²) >= 11 is 0. The molecule has 0 aromatic heterocycles. The van der Waals surface area contributed by atoms with Crippen LogP contribution < -0.4 is 0 Å². The molecule has 2 bridgehead atoms. The molecule has 66 valence electrons. The summed E-state index contributed by atoms with van der Waals surface area (Å²) in [6.07, 6.45) is 8.53. The second kappa shape index (κ2) is 3.14. The number of hydrogen-bond acceptors (Lipinski definition) is 1. The standard InChI is InChI=1S/C9H16O.CH4/c10-9-5-1-3-8(7-9)4-2-6-9;/h8,10H,1-7H2;1H4. The van der Waals surface area contributed by atoms with Crippen molar-refractivity contribution in [1.29, 1.82) is 0 Å². The van der Waals surface area contributed by atoms with Crippen molar-refractivity contribution in [1.82, 2.24) is 0 Å². The van der Waals surface area contributed by atoms with Crippen molar-refractivity contribution >= 4 is 0 Å². The number of aliphatic hydroxyl groups is 1. The molecule has 2 aliphatic carbocycles. The van der Waals surface area contributed by atoms with Gasteiger partial charge in [0.25, 0.3) is 0 Å². The maximum atomic E-state index is 9.90. The highest BCUT2D eigenvalue weighted by Gasteiger charge is 2.36. The third kappa shape index (κ3) is 1.76. The second-order valence-electron chi connectivity index (χ2n) is 4.08. The Labute approximate surface area is 69.8 Å². The first-order valence-electron chi connectivity index (χ1n) is 4.51. The minimum absolute atomic E-state index is 0. The predicted molar refractivity (Wildman–Crippen MR) is 47.5 cm³/mol. The molecule has 0 saturated heterocycles. The zero-order valence-corrected chi connectivity index (χ0v) is 6.47. The fourth-order valence-electron chi connectivity index (χ4n) is 2.65. The first-order valence-corrected chi connectivity index (χ1v) is 4.51. The van der Waals surface area contributed by atoms with E-state index in [9.17, 15) is 5.11 Å². The summed E-state index contributed by atoms with van der Waals surface area (Å²) in [5, 5.41) is 9.90. The lowest BCUT2D eigenvalue weighted by Gasteiger charge is -2.41. The lowest BCUT2D eigenvalue weighted by atomic mass is 9.69. The number of hydrogen-bond donors (Lipinski definition) is 1. The third-order valence-corrected chi connectivity index (χ3v) is 3.18. The minimum atomic E-state index is -0.221. The Morgan fingerprint density at radius 3 is 2.00 bits per heavy atom. The molecule has 0 atom stereocenters. The van der Waals surface area contributed by atoms with Crippen LogP contribution in [0.2, 0.25) is 0 Å². The lowest BCUT2D eigenvalue weighted by molar-refractivity contribution is -0.0468. The van der Waals surface area contributed by atoms with Crippen LogP contribution in [0, 0.1) is 5.92 Å². The highest BCUT2D eigenvalue weighted by molar-refractivity contribution is 4.90. The van der Waals surface area contributed by atoms with E-state index in [0.717, 1.165) is 25.2 Å². The molecule has 2 saturated carbocycles. The number of fused-ring (bicyclic) bond motifs is 2. The average Bonchev–Trinajstić information content (AvgIpc) is 1.86. The van der Waals surface area contributed by atoms with E-state index in [1.807, 2.05) is 0 Å². The molecule has 2 fully saturated rings. The molecule has 1 heteroatoms. The first-order chi connectivity index (χ1) is 4.79. The fraction of sp³-hybridized carbons (Fsp3) is 1.00. The van der Waals surface area contributed by atoms with Crippen molar-refractivity contribution in [2.75, 3.05) is 0 Å². The van der Waals surface area contributed by atoms with Gasteiger partial charge in [-0.3, -0.25) is 0 Å². The molecule has 11 heavy (non-hydrogen) atoms. The largest absolute Gasteiger partial charge is 0.390 e. The van der Waals surface area contributed by atoms with Crippen LogP contribution in [-0.4, -0.2) is 10.7 Å². The van der Waals surface area contributed by atoms with Crippen LogP contribution >= 0.6 is 0 Å². The van der Waals surface area contributed by atoms with Gasteiger partial charge in [0.15, 0.2) is 0 Å². The summed E-state index contributed by atoms with van der Waals surface area (Å²) in [6, 6.07) is 0. The van der Waals surface area contributed by atoms with Crippen molar-refractivity contribution in [3.05, 3.63) is 0 Å². The molecule has 2 aliphatic rings. The van der Waals surface area contributed by atoms with Crippen molar-refractivity contribution in [2.24, 2.45) is 5.92 Å². The van der Waals surface area contributed by atoms with Gasteiger partial charge in [-0.25, -0.2) is 0 Å². The Kier molecular flexibility index (Phi) is 2.58. The SMILES string of the molecule is C.OC12CCCC(CCC1)C2. The van der Waals surface area contributed by atoms with Crippen molar-refractivity contribution in [3.8, 4) is 0 Å². The van der Waals surface area contributed by atoms with Gasteiger partial charge in [-0.05, 0) is 25.2 Å². The van der Waals surface area contributed by atoms with Gasteiger partial charge in [-0.1, -0.05) is 33.1 Å². The van der Waals surface area contributed by atoms with E-state index in [0.29, 0.717) is 0 Å². The highest BCUT2D eigenvalue weighted by Crippen LogP contribution is 2.42. The van der Waals surface area contributed by atoms with Gasteiger partial charge in [0, 0.05) is 0 Å². The molecule has 2 rings (SSSR count). The summed E-state index contributed by atoms with van der Waals surface area (Å²) in [5.41, 5.74) is -0.221. The van der Waals surface area contributed by atoms with Gasteiger partial charge in [-0.2, -0.15) is 0 Å². The quantitative estimate of drug-likeness (QED) is 0.571. The van der Waals surface area contributed by atoms with Crippen LogP contribution in [0.1, 0.15) is 52.4 Å². The van der Waals surface area contributed by atoms with Gasteiger partial charge in [0.1, 0.15) is 0 Å². The molecule has 0 amide bonds. The fourth-order valence-corrected chi connectivity index (χ4v) is 2.65. The van der Waals surface area contributed by atoms with Crippen molar-refractivity contribution < 1.29 is 5.11 Å². The highest BCUT2D eigenvalue weighted by atomic mass is 16.3. The number of rotatable bonds is 0. The van der Waals surface area contributed by atoms with Gasteiger partial charge in [0.05, 0.1) is 5.60 Å². The average molecular weight is 156 g/mol. The van der Waals surface area contributed by atoms with Gasteiger partial charge in [0.2, 0.25) is 0 Å². The summed E-state index contributed by atoms with van der Waals surface area (Å²) in [4.78, 5) is 0. The van der Waals surface area contributed by atoms with Crippen LogP contribution in [0.25, 0.3) is 0 Å². The zero-order valence-electron chi connectivity index (χ0n) is 6.47. The maximum Gasteiger partial charge on any atom is 0.0650 e. The van der Waals surface area contributed by atoms with Gasteiger partial charge >= 0.3 is 0 Å². The summed E-state index contributed by atoms with van der Waals surface area (Å²) in [5.74, 6) is 0.868. The van der Waals surface area contributed by atoms with Crippen molar-refractivity contribution in [3.63, 3.8) is 0 Å². The molecule has 0 spiro atoms. The topological polar surface area (TPSA) is 20.2 Å². The third-order valence-electron chi connectivity index (χ3n) is 3.18. The zero-order chi connectivity index (χ0) is 7.03. The minimum Gasteiger partial charge on any atom is -0.390 e. The molecule has 0 radical (unpaired) electrons. The molecule has 0 heterocycles. The normalized spacial score (nSPS) is 42.8. The second-order valence-corrected chi connectivity index (χ2v) is 4.08. The smallest absolute Gasteiger partial charge is 0.0650 e. The van der Waals surface area contributed by atoms with E-state index in [2.05, 4.69) is 0 Å². The first kappa shape index (κ1) is 9.05. The van der Waals surface area contributed by atoms with E-state index < -0.39 is 0 Å². The monoisotopic (exact) mass is 156 g/mol. The molecule has 1 N–H and O–H groups in total. The van der Waals surface area contributed by atoms with Crippen LogP contribution in [-0.2, 0) is 0 Å². The van der Waals surface area contributed by atoms with Crippen LogP contribution in [0.5, 0.6) is 0 Å². The van der Waals surface area contributed by atoms with E-state index >= 15 is 0 Å². The van der Waals surface area contributed by atoms with Crippen LogP contribution in [0.15, 0.2) is 0 Å². The van der Waals surface area contributed by atoms with E-state index in [1.54, 1.807) is 0 Å². The van der Waals surface area contributed by atoms with Crippen molar-refractivity contribution in [2.45, 2.75) is 58.0 Å². The lowest BCUT2D eigenvalue weighted by Crippen LogP contribution is -2.38. The Morgan fingerprint density at radius 1 is 1.09 bits per heavy atom. The van der Waals surface area contributed by atoms with Gasteiger partial charge < -0.3 is 5.11 Å². The molecule has 0 unspecified atom stereocenters.